The number of fused-ring (bicyclic) bond motifs is 1. The molecule has 1 fully saturated rings. The monoisotopic (exact) mass is 265 g/mol. The number of pyridine rings is 1. The molecule has 2 heterocycles. The van der Waals surface area contributed by atoms with Crippen molar-refractivity contribution in [3.63, 3.8) is 0 Å². The molecule has 20 heavy (non-hydrogen) atoms. The van der Waals surface area contributed by atoms with Gasteiger partial charge >= 0.3 is 0 Å². The molecule has 0 atom stereocenters. The van der Waals surface area contributed by atoms with Crippen molar-refractivity contribution in [2.75, 3.05) is 4.90 Å². The molecule has 2 aromatic rings. The van der Waals surface area contributed by atoms with Gasteiger partial charge in [0.05, 0.1) is 5.69 Å². The van der Waals surface area contributed by atoms with Crippen molar-refractivity contribution in [3.8, 4) is 0 Å². The standard InChI is InChI=1S/C17H19N3/c1-2-5-14-12-20(11-13(14)4-1)17-7-3-6-16(19-17)10-18-15-8-9-15/h1-7,15,18H,8-12H2. The molecule has 3 nitrogen and oxygen atoms in total. The third kappa shape index (κ3) is 2.41. The number of aromatic nitrogens is 1. The predicted molar refractivity (Wildman–Crippen MR) is 80.4 cm³/mol. The quantitative estimate of drug-likeness (QED) is 0.921. The molecule has 3 heteroatoms. The smallest absolute Gasteiger partial charge is 0.129 e. The van der Waals surface area contributed by atoms with Crippen LogP contribution in [0.5, 0.6) is 0 Å². The van der Waals surface area contributed by atoms with Gasteiger partial charge in [0.2, 0.25) is 0 Å². The fourth-order valence-electron chi connectivity index (χ4n) is 2.77. The van der Waals surface area contributed by atoms with Crippen LogP contribution in [0.4, 0.5) is 5.82 Å². The summed E-state index contributed by atoms with van der Waals surface area (Å²) in [5, 5.41) is 3.53. The maximum Gasteiger partial charge on any atom is 0.129 e. The zero-order valence-electron chi connectivity index (χ0n) is 11.5. The molecule has 0 radical (unpaired) electrons. The average Bonchev–Trinajstić information content (AvgIpc) is 3.22. The van der Waals surface area contributed by atoms with Crippen molar-refractivity contribution >= 4 is 5.82 Å². The highest BCUT2D eigenvalue weighted by Crippen LogP contribution is 2.27. The van der Waals surface area contributed by atoms with Gasteiger partial charge < -0.3 is 10.2 Å². The number of rotatable bonds is 4. The van der Waals surface area contributed by atoms with Crippen LogP contribution < -0.4 is 10.2 Å². The van der Waals surface area contributed by atoms with E-state index in [0.29, 0.717) is 0 Å². The Kier molecular flexibility index (Phi) is 2.92. The molecule has 0 saturated heterocycles. The lowest BCUT2D eigenvalue weighted by molar-refractivity contribution is 0.672. The van der Waals surface area contributed by atoms with E-state index in [4.69, 9.17) is 4.98 Å². The highest BCUT2D eigenvalue weighted by molar-refractivity contribution is 5.47. The highest BCUT2D eigenvalue weighted by atomic mass is 15.2. The van der Waals surface area contributed by atoms with Gasteiger partial charge in [-0.15, -0.1) is 0 Å². The topological polar surface area (TPSA) is 28.2 Å². The Morgan fingerprint density at radius 3 is 2.45 bits per heavy atom. The number of benzene rings is 1. The minimum Gasteiger partial charge on any atom is -0.348 e. The zero-order chi connectivity index (χ0) is 13.4. The summed E-state index contributed by atoms with van der Waals surface area (Å²) in [5.41, 5.74) is 4.00. The summed E-state index contributed by atoms with van der Waals surface area (Å²) in [6.45, 7) is 2.84. The fraction of sp³-hybridized carbons (Fsp3) is 0.353. The lowest BCUT2D eigenvalue weighted by Crippen LogP contribution is -2.19. The number of nitrogens with one attached hydrogen (secondary N) is 1. The van der Waals surface area contributed by atoms with Gasteiger partial charge in [0, 0.05) is 25.7 Å². The van der Waals surface area contributed by atoms with E-state index in [2.05, 4.69) is 52.7 Å². The van der Waals surface area contributed by atoms with Crippen LogP contribution in [0.3, 0.4) is 0 Å². The van der Waals surface area contributed by atoms with E-state index in [9.17, 15) is 0 Å². The molecule has 2 aliphatic rings. The van der Waals surface area contributed by atoms with Crippen LogP contribution in [0.25, 0.3) is 0 Å². The van der Waals surface area contributed by atoms with Crippen molar-refractivity contribution < 1.29 is 0 Å². The minimum absolute atomic E-state index is 0.733. The molecule has 0 unspecified atom stereocenters. The number of anilines is 1. The molecular weight excluding hydrogens is 246 g/mol. The SMILES string of the molecule is c1cc(CNC2CC2)nc(N2Cc3ccccc3C2)c1. The molecule has 1 aliphatic heterocycles. The summed E-state index contributed by atoms with van der Waals surface area (Å²) >= 11 is 0. The Bertz CT molecular complexity index is 594. The zero-order valence-corrected chi connectivity index (χ0v) is 11.5. The lowest BCUT2D eigenvalue weighted by Gasteiger charge is -2.17. The van der Waals surface area contributed by atoms with Gasteiger partial charge in [-0.1, -0.05) is 30.3 Å². The summed E-state index contributed by atoms with van der Waals surface area (Å²) in [4.78, 5) is 7.15. The largest absolute Gasteiger partial charge is 0.348 e. The van der Waals surface area contributed by atoms with Crippen molar-refractivity contribution in [3.05, 3.63) is 59.3 Å². The average molecular weight is 265 g/mol. The first kappa shape index (κ1) is 11.9. The summed E-state index contributed by atoms with van der Waals surface area (Å²) < 4.78 is 0. The molecule has 1 N–H and O–H groups in total. The third-order valence-corrected chi connectivity index (χ3v) is 4.11. The van der Waals surface area contributed by atoms with Gasteiger partial charge in [-0.05, 0) is 36.1 Å². The highest BCUT2D eigenvalue weighted by Gasteiger charge is 2.21. The van der Waals surface area contributed by atoms with E-state index in [-0.39, 0.29) is 0 Å². The first-order valence-corrected chi connectivity index (χ1v) is 7.39. The summed E-state index contributed by atoms with van der Waals surface area (Å²) in [5.74, 6) is 1.09. The lowest BCUT2D eigenvalue weighted by atomic mass is 10.1. The Balaban J connectivity index is 1.50. The Morgan fingerprint density at radius 2 is 1.75 bits per heavy atom. The van der Waals surface area contributed by atoms with E-state index in [1.54, 1.807) is 0 Å². The van der Waals surface area contributed by atoms with Gasteiger partial charge in [-0.3, -0.25) is 0 Å². The van der Waals surface area contributed by atoms with Crippen LogP contribution in [0.2, 0.25) is 0 Å². The second-order valence-corrected chi connectivity index (χ2v) is 5.77. The molecule has 1 aliphatic carbocycles. The Hall–Kier alpha value is -1.87. The second kappa shape index (κ2) is 4.91. The van der Waals surface area contributed by atoms with Crippen molar-refractivity contribution in [2.45, 2.75) is 38.5 Å². The molecule has 1 aromatic carbocycles. The molecule has 0 spiro atoms. The summed E-state index contributed by atoms with van der Waals surface area (Å²) in [6.07, 6.45) is 2.64. The van der Waals surface area contributed by atoms with Gasteiger partial charge in [0.1, 0.15) is 5.82 Å². The van der Waals surface area contributed by atoms with Gasteiger partial charge in [0.25, 0.3) is 0 Å². The second-order valence-electron chi connectivity index (χ2n) is 5.77. The van der Waals surface area contributed by atoms with E-state index < -0.39 is 0 Å². The van der Waals surface area contributed by atoms with E-state index in [1.165, 1.54) is 24.0 Å². The molecule has 102 valence electrons. The van der Waals surface area contributed by atoms with Crippen molar-refractivity contribution in [2.24, 2.45) is 0 Å². The maximum atomic E-state index is 4.80. The predicted octanol–water partition coefficient (Wildman–Crippen LogP) is 2.85. The number of hydrogen-bond acceptors (Lipinski definition) is 3. The van der Waals surface area contributed by atoms with Crippen LogP contribution >= 0.6 is 0 Å². The first-order valence-electron chi connectivity index (χ1n) is 7.39. The van der Waals surface area contributed by atoms with E-state index >= 15 is 0 Å². The van der Waals surface area contributed by atoms with Crippen molar-refractivity contribution in [1.29, 1.82) is 0 Å². The molecule has 4 rings (SSSR count). The molecular formula is C17H19N3. The molecule has 1 saturated carbocycles. The van der Waals surface area contributed by atoms with Crippen LogP contribution in [-0.2, 0) is 19.6 Å². The third-order valence-electron chi connectivity index (χ3n) is 4.11. The van der Waals surface area contributed by atoms with Gasteiger partial charge in [-0.25, -0.2) is 4.98 Å². The van der Waals surface area contributed by atoms with Crippen LogP contribution in [-0.4, -0.2) is 11.0 Å². The number of hydrogen-bond donors (Lipinski definition) is 1. The summed E-state index contributed by atoms with van der Waals surface area (Å²) in [6, 6.07) is 15.7. The summed E-state index contributed by atoms with van der Waals surface area (Å²) in [7, 11) is 0. The van der Waals surface area contributed by atoms with E-state index in [1.807, 2.05) is 0 Å². The number of nitrogens with zero attached hydrogens (tertiary/aromatic N) is 2. The van der Waals surface area contributed by atoms with Gasteiger partial charge in [-0.2, -0.15) is 0 Å². The minimum atomic E-state index is 0.733. The first-order chi connectivity index (χ1) is 9.88. The maximum absolute atomic E-state index is 4.80. The van der Waals surface area contributed by atoms with E-state index in [0.717, 1.165) is 37.2 Å². The van der Waals surface area contributed by atoms with Crippen LogP contribution in [0.15, 0.2) is 42.5 Å². The Labute approximate surface area is 119 Å². The van der Waals surface area contributed by atoms with Crippen LogP contribution in [0.1, 0.15) is 29.7 Å². The van der Waals surface area contributed by atoms with Crippen LogP contribution in [0, 0.1) is 0 Å². The normalized spacial score (nSPS) is 17.3. The molecule has 0 bridgehead atoms. The fourth-order valence-corrected chi connectivity index (χ4v) is 2.77. The molecule has 1 aromatic heterocycles. The molecule has 0 amide bonds. The van der Waals surface area contributed by atoms with Gasteiger partial charge in [0.15, 0.2) is 0 Å². The Morgan fingerprint density at radius 1 is 1.00 bits per heavy atom. The van der Waals surface area contributed by atoms with Crippen molar-refractivity contribution in [1.82, 2.24) is 10.3 Å².